The fourth-order valence-electron chi connectivity index (χ4n) is 3.23. The van der Waals surface area contributed by atoms with Crippen LogP contribution in [-0.4, -0.2) is 49.2 Å². The van der Waals surface area contributed by atoms with Crippen molar-refractivity contribution in [1.82, 2.24) is 10.2 Å². The number of hydrogen-bond acceptors (Lipinski definition) is 4. The minimum Gasteiger partial charge on any atom is -0.381 e. The smallest absolute Gasteiger partial charge is 0.235 e. The van der Waals surface area contributed by atoms with Crippen LogP contribution in [0.15, 0.2) is 0 Å². The predicted molar refractivity (Wildman–Crippen MR) is 76.0 cm³/mol. The van der Waals surface area contributed by atoms with Gasteiger partial charge in [-0.1, -0.05) is 19.3 Å². The van der Waals surface area contributed by atoms with E-state index in [1.807, 2.05) is 0 Å². The van der Waals surface area contributed by atoms with Crippen molar-refractivity contribution in [1.29, 1.82) is 5.26 Å². The van der Waals surface area contributed by atoms with Crippen LogP contribution in [0.3, 0.4) is 0 Å². The Bertz CT molecular complexity index is 364. The molecule has 0 aromatic carbocycles. The van der Waals surface area contributed by atoms with Crippen LogP contribution in [0.25, 0.3) is 0 Å². The van der Waals surface area contributed by atoms with Gasteiger partial charge in [0.2, 0.25) is 5.91 Å². The topological polar surface area (TPSA) is 65.4 Å². The Morgan fingerprint density at radius 1 is 1.35 bits per heavy atom. The Morgan fingerprint density at radius 3 is 2.55 bits per heavy atom. The first kappa shape index (κ1) is 15.3. The van der Waals surface area contributed by atoms with Gasteiger partial charge in [-0.2, -0.15) is 5.26 Å². The number of nitrogens with zero attached hydrogens (tertiary/aromatic N) is 2. The third-order valence-electron chi connectivity index (χ3n) is 4.53. The SMILES string of the molecule is COC1CCN(CC(=O)NC2(C#N)CCCCC2)CC1. The molecule has 1 heterocycles. The number of likely N-dealkylation sites (tertiary alicyclic amines) is 1. The third-order valence-corrected chi connectivity index (χ3v) is 4.53. The summed E-state index contributed by atoms with van der Waals surface area (Å²) in [5.41, 5.74) is -0.611. The fraction of sp³-hybridized carbons (Fsp3) is 0.867. The van der Waals surface area contributed by atoms with Crippen LogP contribution in [0, 0.1) is 11.3 Å². The summed E-state index contributed by atoms with van der Waals surface area (Å²) in [5.74, 6) is -0.00989. The first-order chi connectivity index (χ1) is 9.67. The van der Waals surface area contributed by atoms with Gasteiger partial charge in [-0.15, -0.1) is 0 Å². The molecule has 20 heavy (non-hydrogen) atoms. The molecule has 1 saturated carbocycles. The van der Waals surface area contributed by atoms with Crippen LogP contribution < -0.4 is 5.32 Å². The first-order valence-electron chi connectivity index (χ1n) is 7.65. The molecule has 2 aliphatic rings. The second-order valence-electron chi connectivity index (χ2n) is 6.01. The lowest BCUT2D eigenvalue weighted by atomic mass is 9.83. The van der Waals surface area contributed by atoms with Crippen molar-refractivity contribution in [2.75, 3.05) is 26.7 Å². The second kappa shape index (κ2) is 7.05. The molecule has 1 N–H and O–H groups in total. The molecule has 1 aliphatic heterocycles. The van der Waals surface area contributed by atoms with E-state index >= 15 is 0 Å². The highest BCUT2D eigenvalue weighted by Crippen LogP contribution is 2.27. The molecule has 5 nitrogen and oxygen atoms in total. The summed E-state index contributed by atoms with van der Waals surface area (Å²) in [6.07, 6.45) is 7.12. The van der Waals surface area contributed by atoms with Crippen molar-refractivity contribution in [3.05, 3.63) is 0 Å². The van der Waals surface area contributed by atoms with Gasteiger partial charge >= 0.3 is 0 Å². The minimum absolute atomic E-state index is 0.00989. The van der Waals surface area contributed by atoms with Gasteiger partial charge in [0.1, 0.15) is 5.54 Å². The maximum atomic E-state index is 12.2. The average molecular weight is 279 g/mol. The van der Waals surface area contributed by atoms with Crippen molar-refractivity contribution in [3.8, 4) is 6.07 Å². The van der Waals surface area contributed by atoms with E-state index < -0.39 is 5.54 Å². The summed E-state index contributed by atoms with van der Waals surface area (Å²) >= 11 is 0. The Kier molecular flexibility index (Phi) is 5.38. The number of piperidine rings is 1. The summed E-state index contributed by atoms with van der Waals surface area (Å²) < 4.78 is 5.33. The summed E-state index contributed by atoms with van der Waals surface area (Å²) in [4.78, 5) is 14.3. The van der Waals surface area contributed by atoms with Crippen molar-refractivity contribution in [3.63, 3.8) is 0 Å². The quantitative estimate of drug-likeness (QED) is 0.845. The van der Waals surface area contributed by atoms with E-state index in [9.17, 15) is 10.1 Å². The van der Waals surface area contributed by atoms with Crippen molar-refractivity contribution < 1.29 is 9.53 Å². The molecule has 0 unspecified atom stereocenters. The van der Waals surface area contributed by atoms with Crippen molar-refractivity contribution in [2.45, 2.75) is 56.6 Å². The molecular weight excluding hydrogens is 254 g/mol. The molecule has 2 fully saturated rings. The van der Waals surface area contributed by atoms with Gasteiger partial charge in [0.05, 0.1) is 18.7 Å². The zero-order valence-corrected chi connectivity index (χ0v) is 12.4. The normalized spacial score (nSPS) is 24.0. The molecule has 112 valence electrons. The Hall–Kier alpha value is -1.12. The first-order valence-corrected chi connectivity index (χ1v) is 7.65. The van der Waals surface area contributed by atoms with Crippen LogP contribution in [0.4, 0.5) is 0 Å². The number of methoxy groups -OCH3 is 1. The van der Waals surface area contributed by atoms with E-state index in [4.69, 9.17) is 4.74 Å². The number of hydrogen-bond donors (Lipinski definition) is 1. The standard InChI is InChI=1S/C15H25N3O2/c1-20-13-5-9-18(10-6-13)11-14(19)17-15(12-16)7-3-2-4-8-15/h13H,2-11H2,1H3,(H,17,19). The number of nitrogens with one attached hydrogen (secondary N) is 1. The molecule has 1 aliphatic carbocycles. The number of ether oxygens (including phenoxy) is 1. The Morgan fingerprint density at radius 2 is 2.00 bits per heavy atom. The van der Waals surface area contributed by atoms with Gasteiger partial charge in [0.15, 0.2) is 0 Å². The summed E-state index contributed by atoms with van der Waals surface area (Å²) in [5, 5.41) is 12.3. The molecule has 0 aromatic rings. The fourth-order valence-corrected chi connectivity index (χ4v) is 3.23. The van der Waals surface area contributed by atoms with E-state index in [0.717, 1.165) is 51.6 Å². The minimum atomic E-state index is -0.611. The highest BCUT2D eigenvalue weighted by Gasteiger charge is 2.34. The molecule has 5 heteroatoms. The van der Waals surface area contributed by atoms with E-state index in [1.165, 1.54) is 6.42 Å². The lowest BCUT2D eigenvalue weighted by Crippen LogP contribution is -2.52. The number of amides is 1. The van der Waals surface area contributed by atoms with Crippen LogP contribution in [-0.2, 0) is 9.53 Å². The molecule has 2 rings (SSSR count). The number of carbonyl (C=O) groups excluding carboxylic acids is 1. The van der Waals surface area contributed by atoms with Gasteiger partial charge in [0, 0.05) is 20.2 Å². The van der Waals surface area contributed by atoms with E-state index in [0.29, 0.717) is 12.6 Å². The molecule has 1 saturated heterocycles. The lowest BCUT2D eigenvalue weighted by Gasteiger charge is -2.34. The molecule has 0 spiro atoms. The number of rotatable bonds is 4. The maximum Gasteiger partial charge on any atom is 0.235 e. The third kappa shape index (κ3) is 3.94. The van der Waals surface area contributed by atoms with Crippen molar-refractivity contribution in [2.24, 2.45) is 0 Å². The van der Waals surface area contributed by atoms with Gasteiger partial charge in [0.25, 0.3) is 0 Å². The van der Waals surface area contributed by atoms with Crippen LogP contribution in [0.1, 0.15) is 44.9 Å². The van der Waals surface area contributed by atoms with Crippen molar-refractivity contribution >= 4 is 5.91 Å². The number of carbonyl (C=O) groups is 1. The Balaban J connectivity index is 1.79. The van der Waals surface area contributed by atoms with Gasteiger partial charge in [-0.25, -0.2) is 0 Å². The average Bonchev–Trinajstić information content (AvgIpc) is 2.49. The highest BCUT2D eigenvalue weighted by atomic mass is 16.5. The zero-order chi connectivity index (χ0) is 14.4. The molecular formula is C15H25N3O2. The summed E-state index contributed by atoms with van der Waals surface area (Å²) in [6.45, 7) is 2.19. The predicted octanol–water partition coefficient (Wildman–Crippen LogP) is 1.44. The lowest BCUT2D eigenvalue weighted by molar-refractivity contribution is -0.124. The molecule has 0 radical (unpaired) electrons. The molecule has 0 atom stereocenters. The molecule has 0 aromatic heterocycles. The van der Waals surface area contributed by atoms with Gasteiger partial charge in [-0.05, 0) is 25.7 Å². The highest BCUT2D eigenvalue weighted by molar-refractivity contribution is 5.79. The maximum absolute atomic E-state index is 12.2. The van der Waals surface area contributed by atoms with E-state index in [-0.39, 0.29) is 5.91 Å². The molecule has 0 bridgehead atoms. The van der Waals surface area contributed by atoms with Gasteiger partial charge in [-0.3, -0.25) is 9.69 Å². The monoisotopic (exact) mass is 279 g/mol. The largest absolute Gasteiger partial charge is 0.381 e. The van der Waals surface area contributed by atoms with Crippen LogP contribution in [0.5, 0.6) is 0 Å². The van der Waals surface area contributed by atoms with Crippen LogP contribution in [0.2, 0.25) is 0 Å². The summed E-state index contributed by atoms with van der Waals surface area (Å²) in [7, 11) is 1.74. The second-order valence-corrected chi connectivity index (χ2v) is 6.01. The van der Waals surface area contributed by atoms with E-state index in [1.54, 1.807) is 7.11 Å². The van der Waals surface area contributed by atoms with E-state index in [2.05, 4.69) is 16.3 Å². The molecule has 1 amide bonds. The summed E-state index contributed by atoms with van der Waals surface area (Å²) in [6, 6.07) is 2.33. The Labute approximate surface area is 121 Å². The zero-order valence-electron chi connectivity index (χ0n) is 12.4. The van der Waals surface area contributed by atoms with Crippen LogP contribution >= 0.6 is 0 Å². The number of nitriles is 1. The van der Waals surface area contributed by atoms with Gasteiger partial charge < -0.3 is 10.1 Å².